The van der Waals surface area contributed by atoms with Crippen LogP contribution in [0.15, 0.2) is 72.8 Å². The fourth-order valence-electron chi connectivity index (χ4n) is 3.02. The van der Waals surface area contributed by atoms with E-state index in [1.54, 1.807) is 0 Å². The van der Waals surface area contributed by atoms with Gasteiger partial charge in [0.2, 0.25) is 0 Å². The van der Waals surface area contributed by atoms with Crippen LogP contribution in [0, 0.1) is 11.3 Å². The SMILES string of the molecule is N#Cc1ccc(Oc2ccc(OS(=O)(=O)C(F)(F)F)c(CON3OCC(c4ccccc4)O3)c2)cc1. The molecule has 0 spiro atoms. The highest BCUT2D eigenvalue weighted by atomic mass is 32.2. The molecule has 1 aliphatic heterocycles. The highest BCUT2D eigenvalue weighted by Crippen LogP contribution is 2.34. The van der Waals surface area contributed by atoms with E-state index in [1.807, 2.05) is 36.4 Å². The Morgan fingerprint density at radius 3 is 2.39 bits per heavy atom. The van der Waals surface area contributed by atoms with Crippen LogP contribution in [0.1, 0.15) is 22.8 Å². The van der Waals surface area contributed by atoms with E-state index in [9.17, 15) is 21.6 Å². The molecule has 3 aromatic carbocycles. The second-order valence-electron chi connectivity index (χ2n) is 7.29. The maximum absolute atomic E-state index is 12.9. The second-order valence-corrected chi connectivity index (χ2v) is 8.83. The molecular formula is C23H17F3N2O7S. The van der Waals surface area contributed by atoms with Crippen LogP contribution in [0.4, 0.5) is 13.2 Å². The summed E-state index contributed by atoms with van der Waals surface area (Å²) in [6, 6.07) is 20.6. The summed E-state index contributed by atoms with van der Waals surface area (Å²) in [6.45, 7) is -0.382. The predicted octanol–water partition coefficient (Wildman–Crippen LogP) is 4.93. The molecule has 9 nitrogen and oxygen atoms in total. The lowest BCUT2D eigenvalue weighted by Crippen LogP contribution is -2.28. The first-order valence-electron chi connectivity index (χ1n) is 10.2. The zero-order valence-corrected chi connectivity index (χ0v) is 19.0. The summed E-state index contributed by atoms with van der Waals surface area (Å²) in [6.07, 6.45) is -0.487. The van der Waals surface area contributed by atoms with E-state index in [0.29, 0.717) is 16.7 Å². The van der Waals surface area contributed by atoms with Crippen LogP contribution in [-0.4, -0.2) is 25.9 Å². The molecule has 36 heavy (non-hydrogen) atoms. The van der Waals surface area contributed by atoms with Gasteiger partial charge in [0.1, 0.15) is 36.6 Å². The molecule has 0 bridgehead atoms. The number of nitrogens with zero attached hydrogens (tertiary/aromatic N) is 2. The van der Waals surface area contributed by atoms with Crippen LogP contribution >= 0.6 is 0 Å². The molecule has 0 aromatic heterocycles. The van der Waals surface area contributed by atoms with Crippen LogP contribution in [0.5, 0.6) is 17.2 Å². The number of halogens is 3. The van der Waals surface area contributed by atoms with Crippen molar-refractivity contribution in [3.8, 4) is 23.3 Å². The molecule has 0 saturated carbocycles. The minimum atomic E-state index is -5.94. The number of hydrogen-bond donors (Lipinski definition) is 0. The van der Waals surface area contributed by atoms with Gasteiger partial charge >= 0.3 is 15.6 Å². The van der Waals surface area contributed by atoms with Crippen LogP contribution in [-0.2, 0) is 31.2 Å². The van der Waals surface area contributed by atoms with Gasteiger partial charge in [-0.05, 0) is 48.0 Å². The van der Waals surface area contributed by atoms with Crippen molar-refractivity contribution in [3.63, 3.8) is 0 Å². The monoisotopic (exact) mass is 522 g/mol. The minimum Gasteiger partial charge on any atom is -0.457 e. The van der Waals surface area contributed by atoms with Crippen LogP contribution in [0.3, 0.4) is 0 Å². The summed E-state index contributed by atoms with van der Waals surface area (Å²) in [5, 5.41) is 9.58. The lowest BCUT2D eigenvalue weighted by molar-refractivity contribution is -0.493. The van der Waals surface area contributed by atoms with Crippen LogP contribution in [0.25, 0.3) is 0 Å². The quantitative estimate of drug-likeness (QED) is 0.301. The maximum Gasteiger partial charge on any atom is 0.534 e. The molecule has 0 radical (unpaired) electrons. The van der Waals surface area contributed by atoms with Gasteiger partial charge < -0.3 is 8.92 Å². The Labute approximate surface area is 203 Å². The van der Waals surface area contributed by atoms with Crippen molar-refractivity contribution in [2.45, 2.75) is 18.2 Å². The van der Waals surface area contributed by atoms with Gasteiger partial charge in [0, 0.05) is 5.56 Å². The lowest BCUT2D eigenvalue weighted by Gasteiger charge is -2.17. The molecule has 188 valence electrons. The van der Waals surface area contributed by atoms with Crippen LogP contribution in [0.2, 0.25) is 0 Å². The highest BCUT2D eigenvalue weighted by molar-refractivity contribution is 7.88. The Kier molecular flexibility index (Phi) is 7.43. The second kappa shape index (κ2) is 10.5. The average Bonchev–Trinajstić information content (AvgIpc) is 3.33. The fraction of sp³-hybridized carbons (Fsp3) is 0.174. The standard InChI is InChI=1S/C23H17F3N2O7S/c24-23(25,26)36(29,30)35-21-11-10-20(33-19-8-6-16(13-27)7-9-19)12-18(21)14-31-28-32-15-22(34-28)17-4-2-1-3-5-17/h1-12,22H,14-15H2. The van der Waals surface area contributed by atoms with Gasteiger partial charge in [-0.1, -0.05) is 30.3 Å². The van der Waals surface area contributed by atoms with Gasteiger partial charge in [-0.3, -0.25) is 0 Å². The number of ether oxygens (including phenoxy) is 1. The molecule has 13 heteroatoms. The van der Waals surface area contributed by atoms with Gasteiger partial charge in [-0.2, -0.15) is 26.9 Å². The summed E-state index contributed by atoms with van der Waals surface area (Å²) in [7, 11) is -5.94. The molecule has 1 aliphatic rings. The number of alkyl halides is 3. The van der Waals surface area contributed by atoms with Crippen molar-refractivity contribution in [1.29, 1.82) is 5.26 Å². The summed E-state index contributed by atoms with van der Waals surface area (Å²) < 4.78 is 71.7. The Bertz CT molecular complexity index is 1340. The van der Waals surface area contributed by atoms with Gasteiger partial charge in [-0.15, -0.1) is 0 Å². The summed E-state index contributed by atoms with van der Waals surface area (Å²) in [5.74, 6) is -0.159. The van der Waals surface area contributed by atoms with E-state index < -0.39 is 34.1 Å². The molecule has 0 aliphatic carbocycles. The van der Waals surface area contributed by atoms with Gasteiger partial charge in [0.15, 0.2) is 0 Å². The van der Waals surface area contributed by atoms with E-state index in [-0.39, 0.29) is 17.9 Å². The van der Waals surface area contributed by atoms with E-state index in [0.717, 1.165) is 11.6 Å². The lowest BCUT2D eigenvalue weighted by atomic mass is 10.1. The summed E-state index contributed by atoms with van der Waals surface area (Å²) >= 11 is 0. The Hall–Kier alpha value is -3.67. The summed E-state index contributed by atoms with van der Waals surface area (Å²) in [4.78, 5) is 16.1. The third-order valence-corrected chi connectivity index (χ3v) is 5.74. The number of benzene rings is 3. The molecule has 1 atom stereocenters. The maximum atomic E-state index is 12.9. The van der Waals surface area contributed by atoms with E-state index in [2.05, 4.69) is 4.18 Å². The third kappa shape index (κ3) is 6.11. The Morgan fingerprint density at radius 1 is 1.03 bits per heavy atom. The molecule has 1 saturated heterocycles. The van der Waals surface area contributed by atoms with Crippen molar-refractivity contribution in [2.75, 3.05) is 6.61 Å². The average molecular weight is 522 g/mol. The first-order valence-corrected chi connectivity index (χ1v) is 11.6. The molecule has 0 amide bonds. The minimum absolute atomic E-state index is 0.107. The fourth-order valence-corrected chi connectivity index (χ4v) is 3.51. The van der Waals surface area contributed by atoms with Crippen molar-refractivity contribution >= 4 is 10.1 Å². The molecule has 4 rings (SSSR count). The van der Waals surface area contributed by atoms with Crippen LogP contribution < -0.4 is 8.92 Å². The largest absolute Gasteiger partial charge is 0.534 e. The number of hydrogen-bond acceptors (Lipinski definition) is 9. The van der Waals surface area contributed by atoms with Gasteiger partial charge in [-0.25, -0.2) is 14.5 Å². The van der Waals surface area contributed by atoms with E-state index >= 15 is 0 Å². The highest BCUT2D eigenvalue weighted by Gasteiger charge is 2.48. The normalized spacial score (nSPS) is 16.4. The molecule has 1 heterocycles. The zero-order valence-electron chi connectivity index (χ0n) is 18.2. The summed E-state index contributed by atoms with van der Waals surface area (Å²) in [5.41, 5.74) is -4.53. The molecule has 0 N–H and O–H groups in total. The Morgan fingerprint density at radius 2 is 1.72 bits per heavy atom. The van der Waals surface area contributed by atoms with Crippen molar-refractivity contribution in [1.82, 2.24) is 5.39 Å². The smallest absolute Gasteiger partial charge is 0.457 e. The van der Waals surface area contributed by atoms with E-state index in [1.165, 1.54) is 36.4 Å². The third-order valence-electron chi connectivity index (χ3n) is 4.78. The van der Waals surface area contributed by atoms with Crippen molar-refractivity contribution in [3.05, 3.63) is 89.5 Å². The zero-order chi connectivity index (χ0) is 25.8. The molecule has 3 aromatic rings. The van der Waals surface area contributed by atoms with Crippen molar-refractivity contribution in [2.24, 2.45) is 0 Å². The molecule has 1 fully saturated rings. The van der Waals surface area contributed by atoms with Gasteiger partial charge in [0.25, 0.3) is 0 Å². The number of nitriles is 1. The first kappa shape index (κ1) is 25.4. The first-order chi connectivity index (χ1) is 17.1. The number of rotatable bonds is 8. The Balaban J connectivity index is 1.52. The van der Waals surface area contributed by atoms with Gasteiger partial charge in [0.05, 0.1) is 17.0 Å². The topological polar surface area (TPSA) is 107 Å². The molecular weight excluding hydrogens is 505 g/mol. The predicted molar refractivity (Wildman–Crippen MR) is 116 cm³/mol. The molecule has 1 unspecified atom stereocenters. The van der Waals surface area contributed by atoms with Crippen molar-refractivity contribution < 1.29 is 45.0 Å². The van der Waals surface area contributed by atoms with E-state index in [4.69, 9.17) is 24.5 Å².